The number of aliphatic hydroxyl groups is 1. The van der Waals surface area contributed by atoms with Crippen LogP contribution < -0.4 is 14.5 Å². The Kier molecular flexibility index (Phi) is 9.48. The Morgan fingerprint density at radius 1 is 1.00 bits per heavy atom. The summed E-state index contributed by atoms with van der Waals surface area (Å²) in [4.78, 5) is 49.3. The van der Waals surface area contributed by atoms with Crippen molar-refractivity contribution in [1.29, 1.82) is 0 Å². The lowest BCUT2D eigenvalue weighted by molar-refractivity contribution is -0.141. The zero-order chi connectivity index (χ0) is 33.3. The second-order valence-corrected chi connectivity index (χ2v) is 14.1. The molecule has 3 aromatic carbocycles. The van der Waals surface area contributed by atoms with Gasteiger partial charge in [-0.15, -0.1) is 24.9 Å². The highest BCUT2D eigenvalue weighted by Crippen LogP contribution is 2.67. The highest BCUT2D eigenvalue weighted by molar-refractivity contribution is 8.02. The minimum absolute atomic E-state index is 0.105. The van der Waals surface area contributed by atoms with Crippen molar-refractivity contribution in [1.82, 2.24) is 4.90 Å². The predicted octanol–water partition coefficient (Wildman–Crippen LogP) is 5.84. The van der Waals surface area contributed by atoms with E-state index in [-0.39, 0.29) is 42.7 Å². The van der Waals surface area contributed by atoms with Crippen LogP contribution in [0, 0.1) is 11.8 Å². The standard InChI is InChI=1S/C38H43N3O5S/c1-5-21-39(28-15-17-30(18-16-28)46-8-4)35(43)32-31-19-20-38(47-31)33(32)36(44)41(27(7-3)24-42)34(38)37(45)40(22-6-2)29-14-13-25-11-9-10-12-26(25)23-29/h5-6,9-18,23,27,31-34,42H,1-2,7-8,19-22,24H2,3-4H3/t27-,31+,32-,33-,34?,38?/m0/s1. The van der Waals surface area contributed by atoms with Crippen LogP contribution in [0.5, 0.6) is 5.75 Å². The Hall–Kier alpha value is -4.08. The van der Waals surface area contributed by atoms with Crippen molar-refractivity contribution in [3.8, 4) is 5.75 Å². The number of carbonyl (C=O) groups is 3. The molecule has 1 N–H and O–H groups in total. The molecule has 6 atom stereocenters. The third kappa shape index (κ3) is 5.53. The number of amides is 3. The van der Waals surface area contributed by atoms with Gasteiger partial charge in [-0.05, 0) is 73.4 Å². The number of aliphatic hydroxyl groups excluding tert-OH is 1. The number of anilines is 2. The molecule has 0 aliphatic carbocycles. The zero-order valence-electron chi connectivity index (χ0n) is 27.1. The van der Waals surface area contributed by atoms with Crippen LogP contribution in [0.3, 0.4) is 0 Å². The second-order valence-electron chi connectivity index (χ2n) is 12.5. The first-order chi connectivity index (χ1) is 22.8. The van der Waals surface area contributed by atoms with E-state index in [1.54, 1.807) is 38.6 Å². The molecule has 3 aromatic rings. The normalized spacial score (nSPS) is 25.0. The number of rotatable bonds is 13. The lowest BCUT2D eigenvalue weighted by Gasteiger charge is -2.39. The molecule has 3 aliphatic heterocycles. The van der Waals surface area contributed by atoms with E-state index in [2.05, 4.69) is 13.2 Å². The molecule has 3 heterocycles. The molecule has 9 heteroatoms. The first kappa shape index (κ1) is 32.8. The van der Waals surface area contributed by atoms with Crippen LogP contribution >= 0.6 is 11.8 Å². The van der Waals surface area contributed by atoms with Crippen molar-refractivity contribution in [3.05, 3.63) is 92.0 Å². The van der Waals surface area contributed by atoms with Gasteiger partial charge in [-0.3, -0.25) is 14.4 Å². The number of likely N-dealkylation sites (tertiary alicyclic amines) is 1. The topological polar surface area (TPSA) is 90.4 Å². The summed E-state index contributed by atoms with van der Waals surface area (Å²) in [5, 5.41) is 12.5. The molecule has 2 bridgehead atoms. The van der Waals surface area contributed by atoms with E-state index in [9.17, 15) is 19.5 Å². The molecule has 0 radical (unpaired) electrons. The number of ether oxygens (including phenoxy) is 1. The minimum atomic E-state index is -0.838. The summed E-state index contributed by atoms with van der Waals surface area (Å²) in [6.45, 7) is 12.5. The van der Waals surface area contributed by atoms with Crippen LogP contribution in [0.25, 0.3) is 10.8 Å². The van der Waals surface area contributed by atoms with Crippen LogP contribution in [-0.2, 0) is 14.4 Å². The fraction of sp³-hybridized carbons (Fsp3) is 0.395. The minimum Gasteiger partial charge on any atom is -0.494 e. The number of nitrogens with zero attached hydrogens (tertiary/aromatic N) is 3. The van der Waals surface area contributed by atoms with Gasteiger partial charge >= 0.3 is 0 Å². The molecule has 8 nitrogen and oxygen atoms in total. The molecule has 47 heavy (non-hydrogen) atoms. The van der Waals surface area contributed by atoms with Gasteiger partial charge in [-0.25, -0.2) is 0 Å². The number of fused-ring (bicyclic) bond motifs is 2. The van der Waals surface area contributed by atoms with E-state index in [4.69, 9.17) is 4.74 Å². The Balaban J connectivity index is 1.40. The summed E-state index contributed by atoms with van der Waals surface area (Å²) in [6.07, 6.45) is 5.23. The van der Waals surface area contributed by atoms with E-state index in [0.717, 1.165) is 22.9 Å². The van der Waals surface area contributed by atoms with Crippen molar-refractivity contribution < 1.29 is 24.2 Å². The van der Waals surface area contributed by atoms with Gasteiger partial charge in [-0.1, -0.05) is 49.4 Å². The maximum atomic E-state index is 15.0. The Morgan fingerprint density at radius 2 is 1.66 bits per heavy atom. The monoisotopic (exact) mass is 653 g/mol. The average molecular weight is 654 g/mol. The van der Waals surface area contributed by atoms with Crippen molar-refractivity contribution >= 4 is 51.6 Å². The SMILES string of the molecule is C=CCN(C(=O)C1N([C@@H](CC)CO)C(=O)[C@@H]2[C@@H](C(=O)N(CC=C)c3ccc(OCC)cc3)[C@H]3CCC12S3)c1ccc2ccccc2c1. The molecule has 0 aromatic heterocycles. The molecule has 1 spiro atoms. The van der Waals surface area contributed by atoms with Gasteiger partial charge < -0.3 is 24.5 Å². The summed E-state index contributed by atoms with van der Waals surface area (Å²) in [5.74, 6) is -1.17. The van der Waals surface area contributed by atoms with Crippen LogP contribution in [-0.4, -0.2) is 76.1 Å². The fourth-order valence-electron chi connectivity index (χ4n) is 7.92. The van der Waals surface area contributed by atoms with Gasteiger partial charge in [0.05, 0.1) is 35.8 Å². The van der Waals surface area contributed by atoms with E-state index >= 15 is 0 Å². The highest BCUT2D eigenvalue weighted by Gasteiger charge is 2.74. The third-order valence-corrected chi connectivity index (χ3v) is 11.9. The summed E-state index contributed by atoms with van der Waals surface area (Å²) in [6, 6.07) is 19.9. The molecule has 3 saturated heterocycles. The number of benzene rings is 3. The summed E-state index contributed by atoms with van der Waals surface area (Å²) >= 11 is 1.63. The van der Waals surface area contributed by atoms with E-state index in [1.165, 1.54) is 0 Å². The summed E-state index contributed by atoms with van der Waals surface area (Å²) < 4.78 is 4.82. The molecule has 3 aliphatic rings. The number of thioether (sulfide) groups is 1. The first-order valence-electron chi connectivity index (χ1n) is 16.5. The molecule has 3 fully saturated rings. The van der Waals surface area contributed by atoms with Gasteiger partial charge in [0, 0.05) is 29.7 Å². The molecule has 2 unspecified atom stereocenters. The fourth-order valence-corrected chi connectivity index (χ4v) is 10.1. The Bertz CT molecular complexity index is 1670. The Labute approximate surface area is 281 Å². The van der Waals surface area contributed by atoms with Crippen LogP contribution in [0.15, 0.2) is 92.0 Å². The van der Waals surface area contributed by atoms with Crippen molar-refractivity contribution in [2.75, 3.05) is 36.1 Å². The third-order valence-electron chi connectivity index (χ3n) is 9.99. The molecule has 0 saturated carbocycles. The smallest absolute Gasteiger partial charge is 0.251 e. The van der Waals surface area contributed by atoms with Crippen LogP contribution in [0.4, 0.5) is 11.4 Å². The molecule has 6 rings (SSSR count). The number of hydrogen-bond acceptors (Lipinski definition) is 6. The largest absolute Gasteiger partial charge is 0.494 e. The van der Waals surface area contributed by atoms with Crippen molar-refractivity contribution in [2.45, 2.75) is 55.2 Å². The van der Waals surface area contributed by atoms with Gasteiger partial charge in [0.2, 0.25) is 11.8 Å². The molecule has 246 valence electrons. The highest BCUT2D eigenvalue weighted by atomic mass is 32.2. The first-order valence-corrected chi connectivity index (χ1v) is 17.4. The van der Waals surface area contributed by atoms with E-state index in [1.807, 2.05) is 80.6 Å². The van der Waals surface area contributed by atoms with Crippen LogP contribution in [0.1, 0.15) is 33.1 Å². The molecular formula is C38H43N3O5S. The summed E-state index contributed by atoms with van der Waals surface area (Å²) in [5.41, 5.74) is 1.42. The number of carbonyl (C=O) groups excluding carboxylic acids is 3. The predicted molar refractivity (Wildman–Crippen MR) is 189 cm³/mol. The van der Waals surface area contributed by atoms with Gasteiger partial charge in [0.15, 0.2) is 0 Å². The summed E-state index contributed by atoms with van der Waals surface area (Å²) in [7, 11) is 0. The lowest BCUT2D eigenvalue weighted by Crippen LogP contribution is -2.57. The van der Waals surface area contributed by atoms with Crippen molar-refractivity contribution in [3.63, 3.8) is 0 Å². The maximum Gasteiger partial charge on any atom is 0.251 e. The lowest BCUT2D eigenvalue weighted by atomic mass is 9.70. The molecule has 3 amide bonds. The van der Waals surface area contributed by atoms with E-state index in [0.29, 0.717) is 30.9 Å². The maximum absolute atomic E-state index is 15.0. The van der Waals surface area contributed by atoms with Gasteiger partial charge in [0.1, 0.15) is 11.8 Å². The van der Waals surface area contributed by atoms with Gasteiger partial charge in [-0.2, -0.15) is 0 Å². The molecular weight excluding hydrogens is 611 g/mol. The Morgan fingerprint density at radius 3 is 2.30 bits per heavy atom. The zero-order valence-corrected chi connectivity index (χ0v) is 27.9. The van der Waals surface area contributed by atoms with Crippen molar-refractivity contribution in [2.24, 2.45) is 11.8 Å². The van der Waals surface area contributed by atoms with Crippen LogP contribution in [0.2, 0.25) is 0 Å². The second kappa shape index (κ2) is 13.6. The number of hydrogen-bond donors (Lipinski definition) is 1. The van der Waals surface area contributed by atoms with Gasteiger partial charge in [0.25, 0.3) is 5.91 Å². The van der Waals surface area contributed by atoms with E-state index < -0.39 is 28.7 Å². The quantitative estimate of drug-likeness (QED) is 0.233. The average Bonchev–Trinajstić information content (AvgIpc) is 3.74.